The highest BCUT2D eigenvalue weighted by Gasteiger charge is 2.20. The molecule has 5 heteroatoms. The number of benzene rings is 1. The molecule has 0 aliphatic heterocycles. The lowest BCUT2D eigenvalue weighted by atomic mass is 10.0. The Morgan fingerprint density at radius 3 is 2.37 bits per heavy atom. The maximum absolute atomic E-state index is 10.7. The Labute approximate surface area is 113 Å². The zero-order chi connectivity index (χ0) is 14.4. The normalized spacial score (nSPS) is 15.6. The molecule has 19 heavy (non-hydrogen) atoms. The van der Waals surface area contributed by atoms with Crippen LogP contribution in [0.4, 0.5) is 0 Å². The van der Waals surface area contributed by atoms with Crippen molar-refractivity contribution >= 4 is 5.97 Å². The zero-order valence-electron chi connectivity index (χ0n) is 11.5. The van der Waals surface area contributed by atoms with E-state index in [4.69, 9.17) is 9.84 Å². The molecule has 0 fully saturated rings. The molecule has 0 saturated heterocycles. The second-order valence-electron chi connectivity index (χ2n) is 4.46. The molecule has 106 valence electrons. The highest BCUT2D eigenvalue weighted by atomic mass is 16.5. The van der Waals surface area contributed by atoms with Crippen molar-refractivity contribution in [1.29, 1.82) is 0 Å². The summed E-state index contributed by atoms with van der Waals surface area (Å²) in [5.74, 6) is -0.191. The van der Waals surface area contributed by atoms with E-state index in [0.29, 0.717) is 6.61 Å². The number of ether oxygens (including phenoxy) is 1. The van der Waals surface area contributed by atoms with Crippen molar-refractivity contribution in [2.75, 3.05) is 6.61 Å². The number of aliphatic carboxylic acids is 1. The van der Waals surface area contributed by atoms with Gasteiger partial charge in [0.05, 0.1) is 12.7 Å². The van der Waals surface area contributed by atoms with Gasteiger partial charge in [-0.15, -0.1) is 0 Å². The molecular weight excluding hydrogens is 246 g/mol. The zero-order valence-corrected chi connectivity index (χ0v) is 11.5. The van der Waals surface area contributed by atoms with Gasteiger partial charge in [0.1, 0.15) is 11.8 Å². The largest absolute Gasteiger partial charge is 0.494 e. The molecule has 0 saturated carbocycles. The molecule has 0 aliphatic carbocycles. The van der Waals surface area contributed by atoms with Gasteiger partial charge >= 0.3 is 5.97 Å². The average Bonchev–Trinajstić information content (AvgIpc) is 2.39. The number of hydrogen-bond donors (Lipinski definition) is 3. The van der Waals surface area contributed by atoms with E-state index in [0.717, 1.165) is 11.3 Å². The highest BCUT2D eigenvalue weighted by molar-refractivity contribution is 5.72. The molecule has 5 nitrogen and oxygen atoms in total. The van der Waals surface area contributed by atoms with Gasteiger partial charge in [0.25, 0.3) is 0 Å². The number of hydrogen-bond acceptors (Lipinski definition) is 4. The Balaban J connectivity index is 2.65. The smallest absolute Gasteiger partial charge is 0.320 e. The van der Waals surface area contributed by atoms with E-state index < -0.39 is 18.1 Å². The molecule has 0 aliphatic rings. The molecule has 0 heterocycles. The fourth-order valence-electron chi connectivity index (χ4n) is 1.77. The Hall–Kier alpha value is -1.59. The first-order valence-corrected chi connectivity index (χ1v) is 6.35. The summed E-state index contributed by atoms with van der Waals surface area (Å²) in [6.07, 6.45) is -0.766. The quantitative estimate of drug-likeness (QED) is 0.699. The maximum Gasteiger partial charge on any atom is 0.320 e. The van der Waals surface area contributed by atoms with Gasteiger partial charge in [-0.1, -0.05) is 12.1 Å². The van der Waals surface area contributed by atoms with Crippen molar-refractivity contribution in [3.63, 3.8) is 0 Å². The fourth-order valence-corrected chi connectivity index (χ4v) is 1.77. The molecule has 1 aromatic rings. The SMILES string of the molecule is CCOc1ccc(C(O)C(C)NC(C)C(=O)O)cc1. The molecule has 1 rings (SSSR count). The Kier molecular flexibility index (Phi) is 5.79. The van der Waals surface area contributed by atoms with E-state index in [1.165, 1.54) is 0 Å². The molecule has 0 spiro atoms. The van der Waals surface area contributed by atoms with Crippen LogP contribution in [0, 0.1) is 0 Å². The van der Waals surface area contributed by atoms with Crippen LogP contribution in [0.1, 0.15) is 32.4 Å². The molecule has 1 aromatic carbocycles. The number of aliphatic hydroxyl groups excluding tert-OH is 1. The summed E-state index contributed by atoms with van der Waals surface area (Å²) in [6, 6.07) is 6.07. The van der Waals surface area contributed by atoms with E-state index >= 15 is 0 Å². The topological polar surface area (TPSA) is 78.8 Å². The Bertz CT molecular complexity index is 404. The lowest BCUT2D eigenvalue weighted by Crippen LogP contribution is -2.42. The van der Waals surface area contributed by atoms with Crippen molar-refractivity contribution < 1.29 is 19.7 Å². The third-order valence-corrected chi connectivity index (χ3v) is 2.89. The summed E-state index contributed by atoms with van der Waals surface area (Å²) in [5.41, 5.74) is 0.723. The number of aliphatic hydroxyl groups is 1. The summed E-state index contributed by atoms with van der Waals surface area (Å²) in [5, 5.41) is 21.8. The predicted molar refractivity (Wildman–Crippen MR) is 72.3 cm³/mol. The van der Waals surface area contributed by atoms with Crippen molar-refractivity contribution in [1.82, 2.24) is 5.32 Å². The van der Waals surface area contributed by atoms with Crippen LogP contribution in [0.3, 0.4) is 0 Å². The second-order valence-corrected chi connectivity index (χ2v) is 4.46. The molecule has 3 atom stereocenters. The van der Waals surface area contributed by atoms with E-state index in [9.17, 15) is 9.90 Å². The van der Waals surface area contributed by atoms with E-state index in [1.807, 2.05) is 6.92 Å². The minimum absolute atomic E-state index is 0.357. The summed E-state index contributed by atoms with van der Waals surface area (Å²) >= 11 is 0. The van der Waals surface area contributed by atoms with Gasteiger partial charge in [-0.3, -0.25) is 10.1 Å². The van der Waals surface area contributed by atoms with Crippen molar-refractivity contribution in [3.05, 3.63) is 29.8 Å². The van der Waals surface area contributed by atoms with Crippen LogP contribution >= 0.6 is 0 Å². The van der Waals surface area contributed by atoms with Crippen LogP contribution in [0.2, 0.25) is 0 Å². The molecule has 0 bridgehead atoms. The minimum Gasteiger partial charge on any atom is -0.494 e. The van der Waals surface area contributed by atoms with Gasteiger partial charge in [-0.25, -0.2) is 0 Å². The first-order chi connectivity index (χ1) is 8.95. The third kappa shape index (κ3) is 4.54. The standard InChI is InChI=1S/C14H21NO4/c1-4-19-12-7-5-11(6-8-12)13(16)9(2)15-10(3)14(17)18/h5-10,13,15-16H,4H2,1-3H3,(H,17,18). The number of carboxylic acid groups (broad SMARTS) is 1. The molecule has 0 radical (unpaired) electrons. The summed E-state index contributed by atoms with van der Waals surface area (Å²) in [7, 11) is 0. The third-order valence-electron chi connectivity index (χ3n) is 2.89. The Morgan fingerprint density at radius 1 is 1.32 bits per heavy atom. The lowest BCUT2D eigenvalue weighted by Gasteiger charge is -2.23. The first-order valence-electron chi connectivity index (χ1n) is 6.35. The number of nitrogens with one attached hydrogen (secondary N) is 1. The molecular formula is C14H21NO4. The minimum atomic E-state index is -0.939. The second kappa shape index (κ2) is 7.11. The first kappa shape index (κ1) is 15.5. The maximum atomic E-state index is 10.7. The lowest BCUT2D eigenvalue weighted by molar-refractivity contribution is -0.139. The van der Waals surface area contributed by atoms with E-state index in [1.54, 1.807) is 38.1 Å². The predicted octanol–water partition coefficient (Wildman–Crippen LogP) is 1.57. The van der Waals surface area contributed by atoms with Crippen LogP contribution in [0.15, 0.2) is 24.3 Å². The van der Waals surface area contributed by atoms with Crippen LogP contribution in [-0.4, -0.2) is 34.9 Å². The van der Waals surface area contributed by atoms with E-state index in [-0.39, 0.29) is 6.04 Å². The van der Waals surface area contributed by atoms with Crippen molar-refractivity contribution in [2.24, 2.45) is 0 Å². The molecule has 3 N–H and O–H groups in total. The Morgan fingerprint density at radius 2 is 1.89 bits per heavy atom. The van der Waals surface area contributed by atoms with Crippen molar-refractivity contribution in [2.45, 2.75) is 39.0 Å². The average molecular weight is 267 g/mol. The fraction of sp³-hybridized carbons (Fsp3) is 0.500. The molecule has 3 unspecified atom stereocenters. The molecule has 0 aromatic heterocycles. The van der Waals surface area contributed by atoms with Crippen LogP contribution in [-0.2, 0) is 4.79 Å². The van der Waals surface area contributed by atoms with E-state index in [2.05, 4.69) is 5.32 Å². The summed E-state index contributed by atoms with van der Waals surface area (Å²) < 4.78 is 5.32. The summed E-state index contributed by atoms with van der Waals surface area (Å²) in [4.78, 5) is 10.7. The highest BCUT2D eigenvalue weighted by Crippen LogP contribution is 2.20. The van der Waals surface area contributed by atoms with Crippen molar-refractivity contribution in [3.8, 4) is 5.75 Å². The van der Waals surface area contributed by atoms with Gasteiger partial charge < -0.3 is 14.9 Å². The van der Waals surface area contributed by atoms with Gasteiger partial charge in [-0.2, -0.15) is 0 Å². The van der Waals surface area contributed by atoms with Crippen LogP contribution in [0.25, 0.3) is 0 Å². The summed E-state index contributed by atoms with van der Waals surface area (Å²) in [6.45, 7) is 5.79. The number of carboxylic acids is 1. The number of carbonyl (C=O) groups is 1. The van der Waals surface area contributed by atoms with Crippen LogP contribution < -0.4 is 10.1 Å². The van der Waals surface area contributed by atoms with Crippen LogP contribution in [0.5, 0.6) is 5.75 Å². The van der Waals surface area contributed by atoms with Gasteiger partial charge in [-0.05, 0) is 38.5 Å². The van der Waals surface area contributed by atoms with Gasteiger partial charge in [0.15, 0.2) is 0 Å². The van der Waals surface area contributed by atoms with Gasteiger partial charge in [0.2, 0.25) is 0 Å². The monoisotopic (exact) mass is 267 g/mol. The molecule has 0 amide bonds. The van der Waals surface area contributed by atoms with Gasteiger partial charge in [0, 0.05) is 6.04 Å². The number of rotatable bonds is 7.